The van der Waals surface area contributed by atoms with E-state index < -0.39 is 0 Å². The molecule has 3 aromatic rings. The van der Waals surface area contributed by atoms with Crippen molar-refractivity contribution in [1.29, 1.82) is 0 Å². The van der Waals surface area contributed by atoms with Crippen LogP contribution in [-0.2, 0) is 12.3 Å². The Balaban J connectivity index is 1.33. The van der Waals surface area contributed by atoms with Gasteiger partial charge in [0.05, 0.1) is 17.2 Å². The maximum atomic E-state index is 5.66. The van der Waals surface area contributed by atoms with Crippen LogP contribution < -0.4 is 0 Å². The van der Waals surface area contributed by atoms with Gasteiger partial charge in [-0.2, -0.15) is 0 Å². The highest BCUT2D eigenvalue weighted by Gasteiger charge is 2.16. The van der Waals surface area contributed by atoms with Gasteiger partial charge in [0.1, 0.15) is 0 Å². The molecule has 1 aliphatic rings. The first-order valence-electron chi connectivity index (χ1n) is 7.40. The van der Waals surface area contributed by atoms with Crippen LogP contribution in [0.4, 0.5) is 0 Å². The van der Waals surface area contributed by atoms with Gasteiger partial charge in [0.2, 0.25) is 11.8 Å². The van der Waals surface area contributed by atoms with E-state index in [2.05, 4.69) is 25.3 Å². The summed E-state index contributed by atoms with van der Waals surface area (Å²) in [5.74, 6) is 2.29. The SMILES string of the molecule is c1csc(-c2nnc(CSc3nnc(CN4CCCC4)o3)o2)c1. The Kier molecular flexibility index (Phi) is 4.40. The Bertz CT molecular complexity index is 749. The van der Waals surface area contributed by atoms with E-state index in [-0.39, 0.29) is 0 Å². The molecule has 23 heavy (non-hydrogen) atoms. The number of hydrogen-bond acceptors (Lipinski definition) is 9. The predicted molar refractivity (Wildman–Crippen MR) is 86.0 cm³/mol. The van der Waals surface area contributed by atoms with Crippen molar-refractivity contribution >= 4 is 23.1 Å². The molecular formula is C14H15N5O2S2. The van der Waals surface area contributed by atoms with Crippen molar-refractivity contribution in [2.24, 2.45) is 0 Å². The number of rotatable bonds is 6. The maximum Gasteiger partial charge on any atom is 0.277 e. The largest absolute Gasteiger partial charge is 0.419 e. The van der Waals surface area contributed by atoms with Crippen molar-refractivity contribution < 1.29 is 8.83 Å². The lowest BCUT2D eigenvalue weighted by Gasteiger charge is -2.10. The van der Waals surface area contributed by atoms with Gasteiger partial charge in [0.15, 0.2) is 0 Å². The predicted octanol–water partition coefficient (Wildman–Crippen LogP) is 3.07. The number of hydrogen-bond donors (Lipinski definition) is 0. The van der Waals surface area contributed by atoms with Gasteiger partial charge in [0, 0.05) is 0 Å². The second-order valence-corrected chi connectivity index (χ2v) is 7.09. The first-order chi connectivity index (χ1) is 11.4. The molecule has 0 unspecified atom stereocenters. The molecule has 120 valence electrons. The monoisotopic (exact) mass is 349 g/mol. The highest BCUT2D eigenvalue weighted by atomic mass is 32.2. The lowest BCUT2D eigenvalue weighted by molar-refractivity contribution is 0.278. The van der Waals surface area contributed by atoms with Crippen LogP contribution in [0.15, 0.2) is 31.6 Å². The summed E-state index contributed by atoms with van der Waals surface area (Å²) in [4.78, 5) is 3.30. The fourth-order valence-electron chi connectivity index (χ4n) is 2.43. The van der Waals surface area contributed by atoms with E-state index >= 15 is 0 Å². The van der Waals surface area contributed by atoms with Crippen molar-refractivity contribution in [2.45, 2.75) is 30.4 Å². The molecule has 0 saturated carbocycles. The van der Waals surface area contributed by atoms with Crippen LogP contribution in [0.25, 0.3) is 10.8 Å². The fraction of sp³-hybridized carbons (Fsp3) is 0.429. The number of aromatic nitrogens is 4. The topological polar surface area (TPSA) is 81.1 Å². The minimum atomic E-state index is 0.518. The summed E-state index contributed by atoms with van der Waals surface area (Å²) >= 11 is 2.98. The van der Waals surface area contributed by atoms with Crippen LogP contribution in [0.2, 0.25) is 0 Å². The van der Waals surface area contributed by atoms with Crippen LogP contribution in [0.1, 0.15) is 24.6 Å². The molecule has 0 radical (unpaired) electrons. The van der Waals surface area contributed by atoms with Crippen molar-refractivity contribution in [3.63, 3.8) is 0 Å². The zero-order valence-electron chi connectivity index (χ0n) is 12.3. The first-order valence-corrected chi connectivity index (χ1v) is 9.27. The van der Waals surface area contributed by atoms with Crippen molar-refractivity contribution in [2.75, 3.05) is 13.1 Å². The molecule has 0 spiro atoms. The molecule has 4 rings (SSSR count). The Hall–Kier alpha value is -1.71. The van der Waals surface area contributed by atoms with Crippen molar-refractivity contribution in [3.05, 3.63) is 29.3 Å². The molecule has 4 heterocycles. The summed E-state index contributed by atoms with van der Waals surface area (Å²) in [6, 6.07) is 3.91. The van der Waals surface area contributed by atoms with Crippen LogP contribution in [0.3, 0.4) is 0 Å². The first kappa shape index (κ1) is 14.9. The van der Waals surface area contributed by atoms with Gasteiger partial charge in [-0.1, -0.05) is 17.8 Å². The van der Waals surface area contributed by atoms with E-state index in [0.717, 1.165) is 24.5 Å². The number of thiophene rings is 1. The Morgan fingerprint density at radius 2 is 1.96 bits per heavy atom. The zero-order valence-corrected chi connectivity index (χ0v) is 14.0. The number of thioether (sulfide) groups is 1. The van der Waals surface area contributed by atoms with Gasteiger partial charge in [-0.3, -0.25) is 4.90 Å². The van der Waals surface area contributed by atoms with E-state index in [1.54, 1.807) is 11.3 Å². The molecule has 7 nitrogen and oxygen atoms in total. The fourth-order valence-corrected chi connectivity index (χ4v) is 3.69. The quantitative estimate of drug-likeness (QED) is 0.628. The molecule has 1 saturated heterocycles. The minimum absolute atomic E-state index is 0.518. The Morgan fingerprint density at radius 1 is 1.09 bits per heavy atom. The van der Waals surface area contributed by atoms with Gasteiger partial charge in [0.25, 0.3) is 11.1 Å². The third-order valence-corrected chi connectivity index (χ3v) is 5.18. The van der Waals surface area contributed by atoms with Gasteiger partial charge < -0.3 is 8.83 Å². The van der Waals surface area contributed by atoms with Crippen LogP contribution in [0.5, 0.6) is 0 Å². The molecule has 1 aliphatic heterocycles. The van der Waals surface area contributed by atoms with Gasteiger partial charge in [-0.05, 0) is 37.4 Å². The third-order valence-electron chi connectivity index (χ3n) is 3.52. The maximum absolute atomic E-state index is 5.66. The van der Waals surface area contributed by atoms with E-state index in [0.29, 0.717) is 28.6 Å². The smallest absolute Gasteiger partial charge is 0.277 e. The van der Waals surface area contributed by atoms with Crippen LogP contribution in [0, 0.1) is 0 Å². The lowest BCUT2D eigenvalue weighted by Crippen LogP contribution is -2.18. The number of nitrogens with zero attached hydrogens (tertiary/aromatic N) is 5. The zero-order chi connectivity index (χ0) is 15.5. The molecule has 0 amide bonds. The average Bonchev–Trinajstić information content (AvgIpc) is 3.33. The van der Waals surface area contributed by atoms with E-state index in [4.69, 9.17) is 8.83 Å². The summed E-state index contributed by atoms with van der Waals surface area (Å²) < 4.78 is 11.3. The van der Waals surface area contributed by atoms with Crippen molar-refractivity contribution in [1.82, 2.24) is 25.3 Å². The van der Waals surface area contributed by atoms with Crippen LogP contribution >= 0.6 is 23.1 Å². The van der Waals surface area contributed by atoms with Crippen molar-refractivity contribution in [3.8, 4) is 10.8 Å². The van der Waals surface area contributed by atoms with Gasteiger partial charge >= 0.3 is 0 Å². The molecular weight excluding hydrogens is 334 g/mol. The van der Waals surface area contributed by atoms with E-state index in [1.165, 1.54) is 24.6 Å². The van der Waals surface area contributed by atoms with Gasteiger partial charge in [-0.25, -0.2) is 0 Å². The second kappa shape index (κ2) is 6.81. The molecule has 0 N–H and O–H groups in total. The second-order valence-electron chi connectivity index (χ2n) is 5.21. The van der Waals surface area contributed by atoms with E-state index in [1.807, 2.05) is 17.5 Å². The minimum Gasteiger partial charge on any atom is -0.419 e. The molecule has 0 bridgehead atoms. The Labute approximate surface area is 141 Å². The normalized spacial score (nSPS) is 15.5. The highest BCUT2D eigenvalue weighted by Crippen LogP contribution is 2.26. The lowest BCUT2D eigenvalue weighted by atomic mass is 10.4. The molecule has 9 heteroatoms. The molecule has 3 aromatic heterocycles. The molecule has 1 fully saturated rings. The highest BCUT2D eigenvalue weighted by molar-refractivity contribution is 7.98. The standard InChI is InChI=1S/C14H15N5O2S2/c1-2-6-19(5-1)8-11-15-18-14(21-11)23-9-12-16-17-13(20-12)10-4-3-7-22-10/h3-4,7H,1-2,5-6,8-9H2. The summed E-state index contributed by atoms with van der Waals surface area (Å²) in [5, 5.41) is 18.8. The summed E-state index contributed by atoms with van der Waals surface area (Å²) in [5.41, 5.74) is 0. The summed E-state index contributed by atoms with van der Waals surface area (Å²) in [6.45, 7) is 2.95. The van der Waals surface area contributed by atoms with Crippen LogP contribution in [-0.4, -0.2) is 38.4 Å². The third kappa shape index (κ3) is 3.62. The van der Waals surface area contributed by atoms with E-state index in [9.17, 15) is 0 Å². The molecule has 0 aromatic carbocycles. The average molecular weight is 349 g/mol. The Morgan fingerprint density at radius 3 is 2.78 bits per heavy atom. The number of likely N-dealkylation sites (tertiary alicyclic amines) is 1. The summed E-state index contributed by atoms with van der Waals surface area (Å²) in [7, 11) is 0. The molecule has 0 aliphatic carbocycles. The molecule has 0 atom stereocenters. The summed E-state index contributed by atoms with van der Waals surface area (Å²) in [6.07, 6.45) is 2.50. The van der Waals surface area contributed by atoms with Gasteiger partial charge in [-0.15, -0.1) is 31.7 Å².